The molecule has 2 aromatic rings. The van der Waals surface area contributed by atoms with Crippen molar-refractivity contribution in [2.75, 3.05) is 17.7 Å². The van der Waals surface area contributed by atoms with Crippen molar-refractivity contribution in [3.63, 3.8) is 0 Å². The molecule has 182 valence electrons. The molecule has 0 radical (unpaired) electrons. The first-order valence-electron chi connectivity index (χ1n) is 11.8. The lowest BCUT2D eigenvalue weighted by Crippen LogP contribution is -2.50. The smallest absolute Gasteiger partial charge is 0.339 e. The van der Waals surface area contributed by atoms with Gasteiger partial charge in [0.05, 0.1) is 28.6 Å². The maximum atomic E-state index is 13.2. The zero-order valence-electron chi connectivity index (χ0n) is 20.7. The lowest BCUT2D eigenvalue weighted by atomic mass is 9.86. The lowest BCUT2D eigenvalue weighted by Gasteiger charge is -2.39. The predicted octanol–water partition coefficient (Wildman–Crippen LogP) is 6.44. The van der Waals surface area contributed by atoms with Gasteiger partial charge in [-0.25, -0.2) is 4.79 Å². The van der Waals surface area contributed by atoms with E-state index >= 15 is 0 Å². The first kappa shape index (κ1) is 24.7. The van der Waals surface area contributed by atoms with Crippen LogP contribution in [0.25, 0.3) is 11.1 Å². The molecule has 1 atom stereocenters. The van der Waals surface area contributed by atoms with Crippen LogP contribution in [0.2, 0.25) is 0 Å². The molecule has 1 amide bonds. The van der Waals surface area contributed by atoms with Crippen molar-refractivity contribution in [2.24, 2.45) is 0 Å². The van der Waals surface area contributed by atoms with Gasteiger partial charge in [-0.2, -0.15) is 0 Å². The molecule has 1 aliphatic carbocycles. The van der Waals surface area contributed by atoms with Crippen LogP contribution in [0.4, 0.5) is 11.4 Å². The van der Waals surface area contributed by atoms with Crippen LogP contribution in [0.5, 0.6) is 0 Å². The fourth-order valence-corrected chi connectivity index (χ4v) is 5.75. The van der Waals surface area contributed by atoms with Crippen LogP contribution in [0.3, 0.4) is 0 Å². The number of benzene rings is 2. The summed E-state index contributed by atoms with van der Waals surface area (Å²) in [6.07, 6.45) is 2.65. The summed E-state index contributed by atoms with van der Waals surface area (Å²) in [6, 6.07) is 8.18. The first-order valence-corrected chi connectivity index (χ1v) is 12.5. The predicted molar refractivity (Wildman–Crippen MR) is 138 cm³/mol. The number of ether oxygens (including phenoxy) is 2. The Hall–Kier alpha value is -2.38. The molecule has 1 spiro atoms. The van der Waals surface area contributed by atoms with E-state index in [1.54, 1.807) is 0 Å². The highest BCUT2D eigenvalue weighted by Crippen LogP contribution is 2.52. The third kappa shape index (κ3) is 4.36. The SMILES string of the molecule is COC(=O)[C@@H](OC(C)(C)C)c1c(C)c2c(c(Br)c1-c1ccc(C)cc1)NC1(CCCC1)C(=O)N2. The molecule has 0 saturated heterocycles. The Kier molecular flexibility index (Phi) is 6.55. The third-order valence-corrected chi connectivity index (χ3v) is 7.51. The Balaban J connectivity index is 2.01. The van der Waals surface area contributed by atoms with E-state index in [2.05, 4.69) is 26.6 Å². The number of rotatable bonds is 4. The van der Waals surface area contributed by atoms with Crippen molar-refractivity contribution in [1.29, 1.82) is 0 Å². The van der Waals surface area contributed by atoms with Crippen LogP contribution in [-0.2, 0) is 19.1 Å². The Labute approximate surface area is 209 Å². The number of carbonyl (C=O) groups excluding carboxylic acids is 2. The summed E-state index contributed by atoms with van der Waals surface area (Å²) in [6.45, 7) is 9.69. The second-order valence-electron chi connectivity index (χ2n) is 10.3. The van der Waals surface area contributed by atoms with Crippen molar-refractivity contribution in [3.05, 3.63) is 45.4 Å². The van der Waals surface area contributed by atoms with Crippen LogP contribution < -0.4 is 10.6 Å². The van der Waals surface area contributed by atoms with E-state index < -0.39 is 23.2 Å². The number of hydrogen-bond acceptors (Lipinski definition) is 5. The topological polar surface area (TPSA) is 76.7 Å². The zero-order chi connectivity index (χ0) is 24.8. The lowest BCUT2D eigenvalue weighted by molar-refractivity contribution is -0.164. The molecule has 4 rings (SSSR count). The first-order chi connectivity index (χ1) is 16.0. The van der Waals surface area contributed by atoms with E-state index in [1.807, 2.05) is 58.9 Å². The Morgan fingerprint density at radius 3 is 2.26 bits per heavy atom. The van der Waals surface area contributed by atoms with Gasteiger partial charge in [0.2, 0.25) is 5.91 Å². The fraction of sp³-hybridized carbons (Fsp3) is 0.481. The molecule has 0 bridgehead atoms. The number of amides is 1. The highest BCUT2D eigenvalue weighted by atomic mass is 79.9. The van der Waals surface area contributed by atoms with Gasteiger partial charge in [-0.15, -0.1) is 0 Å². The standard InChI is InChI=1S/C27H33BrN2O4/c1-15-9-11-17(12-10-15)19-18(23(24(31)33-6)34-26(3,4)5)16(2)21-22(20(19)28)30-27(25(32)29-21)13-7-8-14-27/h9-12,23,30H,7-8,13-14H2,1-6H3,(H,29,32)/t23-/m0/s1. The number of carbonyl (C=O) groups is 2. The molecule has 1 heterocycles. The number of hydrogen-bond donors (Lipinski definition) is 2. The van der Waals surface area contributed by atoms with Crippen LogP contribution >= 0.6 is 15.9 Å². The molecule has 1 fully saturated rings. The quantitative estimate of drug-likeness (QED) is 0.446. The number of esters is 1. The van der Waals surface area contributed by atoms with Gasteiger partial charge >= 0.3 is 5.97 Å². The van der Waals surface area contributed by atoms with Crippen molar-refractivity contribution in [1.82, 2.24) is 0 Å². The van der Waals surface area contributed by atoms with Crippen molar-refractivity contribution < 1.29 is 19.1 Å². The Bertz CT molecular complexity index is 1130. The largest absolute Gasteiger partial charge is 0.467 e. The molecular formula is C27H33BrN2O4. The number of anilines is 2. The number of aryl methyl sites for hydroxylation is 1. The molecule has 0 unspecified atom stereocenters. The van der Waals surface area contributed by atoms with Gasteiger partial charge in [0.25, 0.3) is 0 Å². The highest BCUT2D eigenvalue weighted by Gasteiger charge is 2.46. The maximum Gasteiger partial charge on any atom is 0.339 e. The van der Waals surface area contributed by atoms with Gasteiger partial charge in [-0.3, -0.25) is 4.79 Å². The van der Waals surface area contributed by atoms with Crippen molar-refractivity contribution in [3.8, 4) is 11.1 Å². The number of nitrogens with one attached hydrogen (secondary N) is 2. The van der Waals surface area contributed by atoms with Crippen molar-refractivity contribution >= 4 is 39.2 Å². The summed E-state index contributed by atoms with van der Waals surface area (Å²) in [4.78, 5) is 26.3. The summed E-state index contributed by atoms with van der Waals surface area (Å²) in [5, 5.41) is 6.76. The van der Waals surface area contributed by atoms with E-state index in [0.717, 1.165) is 58.1 Å². The van der Waals surface area contributed by atoms with E-state index in [4.69, 9.17) is 9.47 Å². The second kappa shape index (κ2) is 9.00. The van der Waals surface area contributed by atoms with E-state index in [1.165, 1.54) is 7.11 Å². The molecule has 34 heavy (non-hydrogen) atoms. The van der Waals surface area contributed by atoms with Crippen molar-refractivity contribution in [2.45, 2.75) is 77.5 Å². The minimum atomic E-state index is -0.970. The van der Waals surface area contributed by atoms with Crippen LogP contribution in [0, 0.1) is 13.8 Å². The molecular weight excluding hydrogens is 496 g/mol. The molecule has 0 aromatic heterocycles. The van der Waals surface area contributed by atoms with E-state index in [0.29, 0.717) is 11.3 Å². The normalized spacial score (nSPS) is 17.7. The van der Waals surface area contributed by atoms with E-state index in [9.17, 15) is 9.59 Å². The van der Waals surface area contributed by atoms with Gasteiger partial charge < -0.3 is 20.1 Å². The van der Waals surface area contributed by atoms with Gasteiger partial charge in [-0.1, -0.05) is 42.7 Å². The molecule has 6 nitrogen and oxygen atoms in total. The van der Waals surface area contributed by atoms with E-state index in [-0.39, 0.29) is 5.91 Å². The monoisotopic (exact) mass is 528 g/mol. The number of methoxy groups -OCH3 is 1. The Morgan fingerprint density at radius 1 is 1.09 bits per heavy atom. The molecule has 7 heteroatoms. The summed E-state index contributed by atoms with van der Waals surface area (Å²) in [5.41, 5.74) is 4.72. The maximum absolute atomic E-state index is 13.2. The van der Waals surface area contributed by atoms with Crippen LogP contribution in [0.15, 0.2) is 28.7 Å². The van der Waals surface area contributed by atoms with Gasteiger partial charge in [-0.05, 0) is 74.5 Å². The Morgan fingerprint density at radius 2 is 1.71 bits per heavy atom. The molecule has 2 aliphatic rings. The summed E-state index contributed by atoms with van der Waals surface area (Å²) >= 11 is 3.86. The minimum Gasteiger partial charge on any atom is -0.467 e. The number of halogens is 1. The molecule has 2 N–H and O–H groups in total. The average Bonchev–Trinajstić information content (AvgIpc) is 3.25. The average molecular weight is 529 g/mol. The highest BCUT2D eigenvalue weighted by molar-refractivity contribution is 9.10. The van der Waals surface area contributed by atoms with Crippen LogP contribution in [-0.4, -0.2) is 30.1 Å². The summed E-state index contributed by atoms with van der Waals surface area (Å²) in [7, 11) is 1.36. The van der Waals surface area contributed by atoms with Crippen LogP contribution in [0.1, 0.15) is 69.2 Å². The molecule has 2 aromatic carbocycles. The number of fused-ring (bicyclic) bond motifs is 1. The van der Waals surface area contributed by atoms with Gasteiger partial charge in [0, 0.05) is 11.1 Å². The summed E-state index contributed by atoms with van der Waals surface area (Å²) in [5.74, 6) is -0.506. The fourth-order valence-electron chi connectivity index (χ4n) is 5.01. The molecule has 1 aliphatic heterocycles. The molecule has 1 saturated carbocycles. The van der Waals surface area contributed by atoms with Gasteiger partial charge in [0.15, 0.2) is 6.10 Å². The minimum absolute atomic E-state index is 0.0205. The third-order valence-electron chi connectivity index (χ3n) is 6.72. The van der Waals surface area contributed by atoms with Gasteiger partial charge in [0.1, 0.15) is 5.54 Å². The second-order valence-corrected chi connectivity index (χ2v) is 11.1. The zero-order valence-corrected chi connectivity index (χ0v) is 22.3. The summed E-state index contributed by atoms with van der Waals surface area (Å²) < 4.78 is 12.3.